The van der Waals surface area contributed by atoms with Crippen LogP contribution in [0.1, 0.15) is 18.4 Å². The van der Waals surface area contributed by atoms with Crippen molar-refractivity contribution in [2.45, 2.75) is 25.4 Å². The number of nitrogens with one attached hydrogen (secondary N) is 1. The fraction of sp³-hybridized carbons (Fsp3) is 0.462. The highest BCUT2D eigenvalue weighted by Crippen LogP contribution is 2.31. The molecule has 1 aliphatic carbocycles. The van der Waals surface area contributed by atoms with Gasteiger partial charge in [-0.3, -0.25) is 4.79 Å². The molecule has 0 atom stereocenters. The van der Waals surface area contributed by atoms with Crippen LogP contribution in [0.4, 0.5) is 0 Å². The molecule has 0 spiro atoms. The topological polar surface area (TPSA) is 73.6 Å². The number of carbonyl (C=O) groups is 1. The van der Waals surface area contributed by atoms with Crippen molar-refractivity contribution in [2.75, 3.05) is 13.7 Å². The second kappa shape index (κ2) is 7.21. The summed E-state index contributed by atoms with van der Waals surface area (Å²) in [5, 5.41) is 3.40. The molecule has 6 heteroatoms. The van der Waals surface area contributed by atoms with Crippen LogP contribution in [-0.4, -0.2) is 25.7 Å². The Morgan fingerprint density at radius 1 is 1.47 bits per heavy atom. The zero-order valence-electron chi connectivity index (χ0n) is 10.8. The van der Waals surface area contributed by atoms with E-state index in [2.05, 4.69) is 5.32 Å². The lowest BCUT2D eigenvalue weighted by molar-refractivity contribution is -0.119. The third-order valence-electron chi connectivity index (χ3n) is 2.80. The van der Waals surface area contributed by atoms with Crippen molar-refractivity contribution in [1.82, 2.24) is 5.32 Å². The van der Waals surface area contributed by atoms with Crippen LogP contribution >= 0.6 is 0 Å². The summed E-state index contributed by atoms with van der Waals surface area (Å²) < 4.78 is 10.7. The van der Waals surface area contributed by atoms with Gasteiger partial charge in [-0.05, 0) is 18.9 Å². The zero-order chi connectivity index (χ0) is 13.0. The number of carbonyl (C=O) groups excluding carboxylic acids is 1. The molecule has 0 aliphatic heterocycles. The van der Waals surface area contributed by atoms with Crippen LogP contribution in [0.25, 0.3) is 0 Å². The minimum Gasteiger partial charge on any atom is -1.00 e. The van der Waals surface area contributed by atoms with E-state index < -0.39 is 5.91 Å². The molecule has 2 rings (SSSR count). The molecule has 0 aromatic heterocycles. The number of hydrogen-bond donors (Lipinski definition) is 2. The van der Waals surface area contributed by atoms with Gasteiger partial charge in [0.1, 0.15) is 0 Å². The molecule has 1 aromatic rings. The maximum absolute atomic E-state index is 10.8. The summed E-state index contributed by atoms with van der Waals surface area (Å²) in [6.45, 7) is 0.562. The fourth-order valence-corrected chi connectivity index (χ4v) is 1.71. The predicted octanol–water partition coefficient (Wildman–Crippen LogP) is -2.18. The average Bonchev–Trinajstić information content (AvgIpc) is 3.17. The molecule has 1 saturated carbocycles. The second-order valence-electron chi connectivity index (χ2n) is 4.36. The molecule has 3 N–H and O–H groups in total. The molecule has 0 unspecified atom stereocenters. The maximum Gasteiger partial charge on any atom is 0.255 e. The van der Waals surface area contributed by atoms with Crippen LogP contribution in [0.2, 0.25) is 0 Å². The Kier molecular flexibility index (Phi) is 5.92. The van der Waals surface area contributed by atoms with E-state index in [9.17, 15) is 4.79 Å². The molecule has 0 heterocycles. The molecule has 0 saturated heterocycles. The van der Waals surface area contributed by atoms with E-state index in [1.807, 2.05) is 12.1 Å². The Morgan fingerprint density at radius 2 is 2.21 bits per heavy atom. The smallest absolute Gasteiger partial charge is 0.255 e. The molecular weight excluding hydrogens is 268 g/mol. The number of rotatable bonds is 7. The van der Waals surface area contributed by atoms with Crippen molar-refractivity contribution in [3.05, 3.63) is 23.8 Å². The standard InChI is InChI=1S/C13H18N2O3.ClH/c1-17-11-4-2-3-9(7-15-10-5-6-10)13(11)18-8-12(14)16;/h2-4,10,15H,5-8H2,1H3,(H2,14,16);1H/p-1. The van der Waals surface area contributed by atoms with Crippen LogP contribution in [0.5, 0.6) is 11.5 Å². The molecule has 1 aliphatic rings. The van der Waals surface area contributed by atoms with Crippen molar-refractivity contribution < 1.29 is 26.7 Å². The van der Waals surface area contributed by atoms with Gasteiger partial charge in [0.15, 0.2) is 18.1 Å². The number of nitrogens with two attached hydrogens (primary N) is 1. The summed E-state index contributed by atoms with van der Waals surface area (Å²) in [7, 11) is 1.57. The van der Waals surface area contributed by atoms with E-state index in [1.54, 1.807) is 13.2 Å². The van der Waals surface area contributed by atoms with E-state index in [4.69, 9.17) is 15.2 Å². The highest BCUT2D eigenvalue weighted by Gasteiger charge is 2.21. The van der Waals surface area contributed by atoms with Crippen LogP contribution in [0, 0.1) is 0 Å². The van der Waals surface area contributed by atoms with E-state index >= 15 is 0 Å². The molecule has 5 nitrogen and oxygen atoms in total. The molecular formula is C13H18ClN2O3-. The number of benzene rings is 1. The van der Waals surface area contributed by atoms with Gasteiger partial charge < -0.3 is 32.9 Å². The Bertz CT molecular complexity index is 436. The average molecular weight is 286 g/mol. The summed E-state index contributed by atoms with van der Waals surface area (Å²) in [6, 6.07) is 6.27. The van der Waals surface area contributed by atoms with Crippen molar-refractivity contribution in [2.24, 2.45) is 5.73 Å². The summed E-state index contributed by atoms with van der Waals surface area (Å²) in [4.78, 5) is 10.8. The highest BCUT2D eigenvalue weighted by atomic mass is 35.5. The predicted molar refractivity (Wildman–Crippen MR) is 67.5 cm³/mol. The van der Waals surface area contributed by atoms with Gasteiger partial charge in [-0.2, -0.15) is 0 Å². The Hall–Kier alpha value is -1.46. The maximum atomic E-state index is 10.8. The molecule has 0 bridgehead atoms. The molecule has 1 fully saturated rings. The van der Waals surface area contributed by atoms with Crippen molar-refractivity contribution in [3.63, 3.8) is 0 Å². The quantitative estimate of drug-likeness (QED) is 0.597. The number of primary amides is 1. The highest BCUT2D eigenvalue weighted by molar-refractivity contribution is 5.75. The van der Waals surface area contributed by atoms with Crippen LogP contribution in [0.15, 0.2) is 18.2 Å². The lowest BCUT2D eigenvalue weighted by Crippen LogP contribution is -3.00. The second-order valence-corrected chi connectivity index (χ2v) is 4.36. The molecule has 106 valence electrons. The normalized spacial score (nSPS) is 13.5. The minimum atomic E-state index is -0.498. The first-order chi connectivity index (χ1) is 8.70. The van der Waals surface area contributed by atoms with Crippen LogP contribution < -0.4 is 32.9 Å². The van der Waals surface area contributed by atoms with E-state index in [-0.39, 0.29) is 19.0 Å². The molecule has 0 radical (unpaired) electrons. The zero-order valence-corrected chi connectivity index (χ0v) is 11.6. The van der Waals surface area contributed by atoms with Gasteiger partial charge in [-0.25, -0.2) is 0 Å². The summed E-state index contributed by atoms with van der Waals surface area (Å²) in [6.07, 6.45) is 2.45. The first-order valence-corrected chi connectivity index (χ1v) is 6.01. The first-order valence-electron chi connectivity index (χ1n) is 6.01. The number of ether oxygens (including phenoxy) is 2. The number of methoxy groups -OCH3 is 1. The van der Waals surface area contributed by atoms with Crippen LogP contribution in [-0.2, 0) is 11.3 Å². The lowest BCUT2D eigenvalue weighted by atomic mass is 10.2. The Balaban J connectivity index is 0.00000180. The minimum absolute atomic E-state index is 0. The summed E-state index contributed by atoms with van der Waals surface area (Å²) in [5.74, 6) is 0.709. The molecule has 19 heavy (non-hydrogen) atoms. The number of hydrogen-bond acceptors (Lipinski definition) is 4. The Morgan fingerprint density at radius 3 is 2.79 bits per heavy atom. The number of halogens is 1. The first kappa shape index (κ1) is 15.6. The molecule has 1 aromatic carbocycles. The lowest BCUT2D eigenvalue weighted by Gasteiger charge is -2.14. The van der Waals surface area contributed by atoms with Gasteiger partial charge in [0.2, 0.25) is 0 Å². The number of amides is 1. The van der Waals surface area contributed by atoms with Gasteiger partial charge in [-0.15, -0.1) is 0 Å². The van der Waals surface area contributed by atoms with Crippen molar-refractivity contribution in [1.29, 1.82) is 0 Å². The summed E-state index contributed by atoms with van der Waals surface area (Å²) in [5.41, 5.74) is 6.07. The van der Waals surface area contributed by atoms with Gasteiger partial charge >= 0.3 is 0 Å². The molecule has 1 amide bonds. The van der Waals surface area contributed by atoms with Crippen LogP contribution in [0.3, 0.4) is 0 Å². The third-order valence-corrected chi connectivity index (χ3v) is 2.80. The SMILES string of the molecule is COc1cccc(CNC2CC2)c1OCC(N)=O.[Cl-]. The fourth-order valence-electron chi connectivity index (χ4n) is 1.71. The monoisotopic (exact) mass is 285 g/mol. The van der Waals surface area contributed by atoms with Gasteiger partial charge in [0.25, 0.3) is 5.91 Å². The van der Waals surface area contributed by atoms with Gasteiger partial charge in [-0.1, -0.05) is 12.1 Å². The van der Waals surface area contributed by atoms with Crippen molar-refractivity contribution >= 4 is 5.91 Å². The van der Waals surface area contributed by atoms with E-state index in [0.29, 0.717) is 24.1 Å². The van der Waals surface area contributed by atoms with E-state index in [1.165, 1.54) is 12.8 Å². The third kappa shape index (κ3) is 4.61. The largest absolute Gasteiger partial charge is 1.00 e. The Labute approximate surface area is 118 Å². The summed E-state index contributed by atoms with van der Waals surface area (Å²) >= 11 is 0. The van der Waals surface area contributed by atoms with E-state index in [0.717, 1.165) is 5.56 Å². The number of para-hydroxylation sites is 1. The van der Waals surface area contributed by atoms with Gasteiger partial charge in [0.05, 0.1) is 7.11 Å². The van der Waals surface area contributed by atoms with Gasteiger partial charge in [0, 0.05) is 18.2 Å². The van der Waals surface area contributed by atoms with Crippen molar-refractivity contribution in [3.8, 4) is 11.5 Å².